The third kappa shape index (κ3) is 3.51. The van der Waals surface area contributed by atoms with Crippen molar-refractivity contribution < 1.29 is 17.6 Å². The van der Waals surface area contributed by atoms with Gasteiger partial charge in [-0.05, 0) is 37.6 Å². The van der Waals surface area contributed by atoms with Crippen LogP contribution in [0.4, 0.5) is 5.69 Å². The maximum atomic E-state index is 13.4. The minimum absolute atomic E-state index is 0.0171. The predicted octanol–water partition coefficient (Wildman–Crippen LogP) is 3.56. The number of rotatable bonds is 4. The van der Waals surface area contributed by atoms with E-state index in [-0.39, 0.29) is 30.0 Å². The average molecular weight is 461 g/mol. The zero-order chi connectivity index (χ0) is 21.8. The number of fused-ring (bicyclic) bond motifs is 1. The fourth-order valence-electron chi connectivity index (χ4n) is 4.31. The van der Waals surface area contributed by atoms with E-state index in [0.29, 0.717) is 39.8 Å². The average Bonchev–Trinajstić information content (AvgIpc) is 3.44. The molecule has 0 saturated carbocycles. The Labute approximate surface area is 184 Å². The molecule has 2 atom stereocenters. The Morgan fingerprint density at radius 1 is 1.26 bits per heavy atom. The van der Waals surface area contributed by atoms with Gasteiger partial charge >= 0.3 is 0 Å². The number of aromatic nitrogens is 2. The summed E-state index contributed by atoms with van der Waals surface area (Å²) in [5, 5.41) is 8.32. The second-order valence-corrected chi connectivity index (χ2v) is 10.5. The van der Waals surface area contributed by atoms with Crippen molar-refractivity contribution in [3.05, 3.63) is 70.4 Å². The summed E-state index contributed by atoms with van der Waals surface area (Å²) >= 11 is 6.76. The van der Waals surface area contributed by atoms with Gasteiger partial charge in [0.2, 0.25) is 0 Å². The van der Waals surface area contributed by atoms with Gasteiger partial charge in [-0.15, -0.1) is 0 Å². The molecule has 10 heteroatoms. The zero-order valence-corrected chi connectivity index (χ0v) is 18.4. The summed E-state index contributed by atoms with van der Waals surface area (Å²) in [6, 6.07) is 10.6. The van der Waals surface area contributed by atoms with Gasteiger partial charge in [0, 0.05) is 5.69 Å². The number of amides is 1. The van der Waals surface area contributed by atoms with Gasteiger partial charge in [-0.3, -0.25) is 4.79 Å². The van der Waals surface area contributed by atoms with Crippen molar-refractivity contribution in [1.29, 1.82) is 0 Å². The normalized spacial score (nSPS) is 22.4. The first-order valence-electron chi connectivity index (χ1n) is 9.98. The van der Waals surface area contributed by atoms with Crippen molar-refractivity contribution in [2.75, 3.05) is 16.8 Å². The van der Waals surface area contributed by atoms with E-state index >= 15 is 0 Å². The summed E-state index contributed by atoms with van der Waals surface area (Å²) in [5.74, 6) is 0.633. The van der Waals surface area contributed by atoms with Gasteiger partial charge in [-0.2, -0.15) is 5.10 Å². The third-order valence-electron chi connectivity index (χ3n) is 5.83. The van der Waals surface area contributed by atoms with E-state index in [9.17, 15) is 13.2 Å². The Kier molecular flexibility index (Phi) is 4.82. The first kappa shape index (κ1) is 20.1. The quantitative estimate of drug-likeness (QED) is 0.639. The Morgan fingerprint density at radius 3 is 2.77 bits per heavy atom. The Morgan fingerprint density at radius 2 is 2.06 bits per heavy atom. The van der Waals surface area contributed by atoms with Crippen molar-refractivity contribution in [3.8, 4) is 0 Å². The summed E-state index contributed by atoms with van der Waals surface area (Å²) in [5.41, 5.74) is 2.57. The largest absolute Gasteiger partial charge is 0.467 e. The van der Waals surface area contributed by atoms with Crippen molar-refractivity contribution in [1.82, 2.24) is 14.7 Å². The second kappa shape index (κ2) is 7.42. The first-order chi connectivity index (χ1) is 14.8. The van der Waals surface area contributed by atoms with E-state index in [2.05, 4.69) is 10.4 Å². The second-order valence-electron chi connectivity index (χ2n) is 7.90. The molecular formula is C21H21ClN4O4S. The maximum Gasteiger partial charge on any atom is 0.258 e. The highest BCUT2D eigenvalue weighted by atomic mass is 35.5. The van der Waals surface area contributed by atoms with Crippen LogP contribution in [0.25, 0.3) is 0 Å². The van der Waals surface area contributed by atoms with Gasteiger partial charge in [0.1, 0.15) is 17.1 Å². The molecule has 0 radical (unpaired) electrons. The minimum atomic E-state index is -3.09. The molecule has 2 aromatic heterocycles. The van der Waals surface area contributed by atoms with Crippen molar-refractivity contribution in [2.24, 2.45) is 0 Å². The molecule has 1 aromatic carbocycles. The number of carbonyl (C=O) groups excluding carboxylic acids is 1. The highest BCUT2D eigenvalue weighted by Gasteiger charge is 2.39. The SMILES string of the molecule is Cc1nn(C2CCS(=O)(=O)C2)c(Cl)c1C1Nc2ccccc2C(=O)N1Cc1ccco1. The van der Waals surface area contributed by atoms with Crippen LogP contribution in [-0.4, -0.2) is 40.5 Å². The zero-order valence-electron chi connectivity index (χ0n) is 16.8. The summed E-state index contributed by atoms with van der Waals surface area (Å²) in [6.45, 7) is 2.06. The van der Waals surface area contributed by atoms with E-state index in [0.717, 1.165) is 0 Å². The summed E-state index contributed by atoms with van der Waals surface area (Å²) in [6.07, 6.45) is 1.46. The molecule has 1 saturated heterocycles. The maximum absolute atomic E-state index is 13.4. The number of hydrogen-bond acceptors (Lipinski definition) is 6. The molecule has 162 valence electrons. The molecule has 3 aromatic rings. The van der Waals surface area contributed by atoms with Crippen LogP contribution in [0.1, 0.15) is 46.0 Å². The highest BCUT2D eigenvalue weighted by molar-refractivity contribution is 7.91. The van der Waals surface area contributed by atoms with E-state index in [1.165, 1.54) is 0 Å². The lowest BCUT2D eigenvalue weighted by Crippen LogP contribution is -2.42. The van der Waals surface area contributed by atoms with Gasteiger partial charge in [0.05, 0.1) is 47.2 Å². The highest BCUT2D eigenvalue weighted by Crippen LogP contribution is 2.40. The molecule has 4 heterocycles. The number of hydrogen-bond donors (Lipinski definition) is 1. The number of para-hydroxylation sites is 1. The molecule has 0 bridgehead atoms. The van der Waals surface area contributed by atoms with Crippen LogP contribution < -0.4 is 5.32 Å². The number of aryl methyl sites for hydroxylation is 1. The summed E-state index contributed by atoms with van der Waals surface area (Å²) in [7, 11) is -3.09. The van der Waals surface area contributed by atoms with E-state index in [4.69, 9.17) is 16.0 Å². The topological polar surface area (TPSA) is 97.4 Å². The number of anilines is 1. The minimum Gasteiger partial charge on any atom is -0.467 e. The lowest BCUT2D eigenvalue weighted by Gasteiger charge is -2.37. The molecule has 2 aliphatic rings. The monoisotopic (exact) mass is 460 g/mol. The predicted molar refractivity (Wildman–Crippen MR) is 116 cm³/mol. The van der Waals surface area contributed by atoms with Gasteiger partial charge in [0.25, 0.3) is 5.91 Å². The Bertz CT molecular complexity index is 1250. The van der Waals surface area contributed by atoms with Gasteiger partial charge < -0.3 is 14.6 Å². The van der Waals surface area contributed by atoms with Crippen molar-refractivity contribution in [2.45, 2.75) is 32.1 Å². The van der Waals surface area contributed by atoms with Crippen LogP contribution in [0.2, 0.25) is 5.15 Å². The number of nitrogens with zero attached hydrogens (tertiary/aromatic N) is 3. The molecule has 31 heavy (non-hydrogen) atoms. The molecule has 2 unspecified atom stereocenters. The van der Waals surface area contributed by atoms with Crippen LogP contribution in [0.15, 0.2) is 47.1 Å². The number of furan rings is 1. The third-order valence-corrected chi connectivity index (χ3v) is 7.95. The van der Waals surface area contributed by atoms with Gasteiger partial charge in [-0.25, -0.2) is 13.1 Å². The number of benzene rings is 1. The Balaban J connectivity index is 1.58. The number of sulfone groups is 1. The molecule has 1 fully saturated rings. The van der Waals surface area contributed by atoms with Crippen LogP contribution in [0, 0.1) is 6.92 Å². The molecular weight excluding hydrogens is 440 g/mol. The number of halogens is 1. The molecule has 0 aliphatic carbocycles. The fourth-order valence-corrected chi connectivity index (χ4v) is 6.42. The van der Waals surface area contributed by atoms with Gasteiger partial charge in [0.15, 0.2) is 9.84 Å². The van der Waals surface area contributed by atoms with Gasteiger partial charge in [-0.1, -0.05) is 23.7 Å². The molecule has 0 spiro atoms. The van der Waals surface area contributed by atoms with Crippen LogP contribution >= 0.6 is 11.6 Å². The first-order valence-corrected chi connectivity index (χ1v) is 12.2. The molecule has 1 N–H and O–H groups in total. The number of nitrogens with one attached hydrogen (secondary N) is 1. The smallest absolute Gasteiger partial charge is 0.258 e. The van der Waals surface area contributed by atoms with Crippen LogP contribution in [0.3, 0.4) is 0 Å². The Hall–Kier alpha value is -2.78. The lowest BCUT2D eigenvalue weighted by atomic mass is 10.0. The fraction of sp³-hybridized carbons (Fsp3) is 0.333. The van der Waals surface area contributed by atoms with E-state index in [1.807, 2.05) is 31.2 Å². The van der Waals surface area contributed by atoms with E-state index in [1.54, 1.807) is 28.0 Å². The van der Waals surface area contributed by atoms with Crippen molar-refractivity contribution in [3.63, 3.8) is 0 Å². The van der Waals surface area contributed by atoms with Crippen molar-refractivity contribution >= 4 is 33.0 Å². The molecule has 5 rings (SSSR count). The standard InChI is InChI=1S/C21H21ClN4O4S/c1-13-18(19(22)26(24-13)14-8-10-31(28,29)12-14)20-23-17-7-3-2-6-16(17)21(27)25(20)11-15-5-4-9-30-15/h2-7,9,14,20,23H,8,10-12H2,1H3. The van der Waals surface area contributed by atoms with Crippen LogP contribution in [0.5, 0.6) is 0 Å². The molecule has 1 amide bonds. The number of carbonyl (C=O) groups is 1. The summed E-state index contributed by atoms with van der Waals surface area (Å²) < 4.78 is 31.0. The molecule has 2 aliphatic heterocycles. The molecule has 8 nitrogen and oxygen atoms in total. The van der Waals surface area contributed by atoms with Crippen LogP contribution in [-0.2, 0) is 16.4 Å². The summed E-state index contributed by atoms with van der Waals surface area (Å²) in [4.78, 5) is 15.1. The lowest BCUT2D eigenvalue weighted by molar-refractivity contribution is 0.0651. The van der Waals surface area contributed by atoms with E-state index < -0.39 is 16.0 Å².